The number of halogens is 1. The summed E-state index contributed by atoms with van der Waals surface area (Å²) in [5.74, 6) is -0.104. The van der Waals surface area contributed by atoms with E-state index in [0.29, 0.717) is 17.1 Å². The van der Waals surface area contributed by atoms with E-state index in [1.165, 1.54) is 4.88 Å². The number of thiazole rings is 1. The first-order valence-electron chi connectivity index (χ1n) is 6.03. The van der Waals surface area contributed by atoms with Crippen LogP contribution in [0.4, 0.5) is 0 Å². The molecule has 3 nitrogen and oxygen atoms in total. The molecule has 1 aromatic carbocycles. The third-order valence-corrected chi connectivity index (χ3v) is 4.15. The lowest BCUT2D eigenvalue weighted by atomic mass is 10.2. The van der Waals surface area contributed by atoms with Crippen LogP contribution in [0.15, 0.2) is 24.3 Å². The van der Waals surface area contributed by atoms with Gasteiger partial charge < -0.3 is 5.32 Å². The number of carbonyl (C=O) groups excluding carboxylic acids is 1. The van der Waals surface area contributed by atoms with Gasteiger partial charge in [-0.2, -0.15) is 0 Å². The molecule has 0 radical (unpaired) electrons. The van der Waals surface area contributed by atoms with E-state index in [1.54, 1.807) is 35.6 Å². The van der Waals surface area contributed by atoms with E-state index in [0.717, 1.165) is 17.1 Å². The molecular weight excluding hydrogens is 280 g/mol. The second-order valence-electron chi connectivity index (χ2n) is 4.27. The highest BCUT2D eigenvalue weighted by Crippen LogP contribution is 2.16. The second kappa shape index (κ2) is 6.17. The van der Waals surface area contributed by atoms with Gasteiger partial charge in [-0.15, -0.1) is 11.3 Å². The number of benzene rings is 1. The number of carbonyl (C=O) groups is 1. The molecule has 100 valence electrons. The molecule has 0 atom stereocenters. The van der Waals surface area contributed by atoms with E-state index in [2.05, 4.69) is 17.2 Å². The van der Waals surface area contributed by atoms with Crippen molar-refractivity contribution in [2.24, 2.45) is 0 Å². The predicted molar refractivity (Wildman–Crippen MR) is 79.1 cm³/mol. The van der Waals surface area contributed by atoms with Crippen LogP contribution < -0.4 is 5.32 Å². The molecule has 0 aliphatic carbocycles. The van der Waals surface area contributed by atoms with E-state index in [-0.39, 0.29) is 5.91 Å². The van der Waals surface area contributed by atoms with Crippen molar-refractivity contribution in [2.75, 3.05) is 6.54 Å². The zero-order valence-electron chi connectivity index (χ0n) is 10.9. The van der Waals surface area contributed by atoms with Crippen LogP contribution in [-0.2, 0) is 6.42 Å². The molecule has 2 rings (SSSR count). The summed E-state index contributed by atoms with van der Waals surface area (Å²) in [6, 6.07) is 6.93. The van der Waals surface area contributed by atoms with Gasteiger partial charge >= 0.3 is 0 Å². The van der Waals surface area contributed by atoms with E-state index < -0.39 is 0 Å². The van der Waals surface area contributed by atoms with Gasteiger partial charge in [-0.3, -0.25) is 4.79 Å². The Bertz CT molecular complexity index is 575. The fourth-order valence-corrected chi connectivity index (χ4v) is 2.78. The Morgan fingerprint density at radius 3 is 2.84 bits per heavy atom. The summed E-state index contributed by atoms with van der Waals surface area (Å²) in [7, 11) is 0. The molecule has 0 fully saturated rings. The Hall–Kier alpha value is -1.39. The zero-order valence-corrected chi connectivity index (χ0v) is 12.4. The highest BCUT2D eigenvalue weighted by molar-refractivity contribution is 7.11. The minimum absolute atomic E-state index is 0.104. The number of aryl methyl sites for hydroxylation is 2. The Morgan fingerprint density at radius 2 is 2.21 bits per heavy atom. The van der Waals surface area contributed by atoms with Crippen molar-refractivity contribution in [3.05, 3.63) is 50.4 Å². The lowest BCUT2D eigenvalue weighted by Gasteiger charge is -2.04. The van der Waals surface area contributed by atoms with Gasteiger partial charge in [0.2, 0.25) is 0 Å². The molecule has 2 aromatic rings. The minimum Gasteiger partial charge on any atom is -0.352 e. The maximum atomic E-state index is 11.9. The molecule has 0 saturated heterocycles. The largest absolute Gasteiger partial charge is 0.352 e. The van der Waals surface area contributed by atoms with E-state index >= 15 is 0 Å². The first-order chi connectivity index (χ1) is 9.06. The fourth-order valence-electron chi connectivity index (χ4n) is 1.66. The lowest BCUT2D eigenvalue weighted by Crippen LogP contribution is -2.25. The summed E-state index contributed by atoms with van der Waals surface area (Å²) in [5, 5.41) is 4.50. The Labute approximate surface area is 121 Å². The average molecular weight is 295 g/mol. The quantitative estimate of drug-likeness (QED) is 0.939. The molecular formula is C14H15ClN2OS. The monoisotopic (exact) mass is 294 g/mol. The standard InChI is InChI=1S/C14H15ClN2OS/c1-9-10(2)19-13(17-9)6-7-16-14(18)11-4-3-5-12(15)8-11/h3-5,8H,6-7H2,1-2H3,(H,16,18). The zero-order chi connectivity index (χ0) is 13.8. The number of amides is 1. The van der Waals surface area contributed by atoms with Gasteiger partial charge in [0.25, 0.3) is 5.91 Å². The van der Waals surface area contributed by atoms with Gasteiger partial charge in [0.1, 0.15) is 0 Å². The number of nitrogens with zero attached hydrogens (tertiary/aromatic N) is 1. The van der Waals surface area contributed by atoms with Crippen molar-refractivity contribution in [2.45, 2.75) is 20.3 Å². The first kappa shape index (κ1) is 14.0. The van der Waals surface area contributed by atoms with Crippen LogP contribution in [0.25, 0.3) is 0 Å². The summed E-state index contributed by atoms with van der Waals surface area (Å²) in [6.45, 7) is 4.64. The summed E-state index contributed by atoms with van der Waals surface area (Å²) in [4.78, 5) is 17.5. The Balaban J connectivity index is 1.87. The van der Waals surface area contributed by atoms with Crippen LogP contribution in [-0.4, -0.2) is 17.4 Å². The summed E-state index contributed by atoms with van der Waals surface area (Å²) < 4.78 is 0. The van der Waals surface area contributed by atoms with Crippen molar-refractivity contribution >= 4 is 28.8 Å². The first-order valence-corrected chi connectivity index (χ1v) is 7.22. The lowest BCUT2D eigenvalue weighted by molar-refractivity contribution is 0.0954. The summed E-state index contributed by atoms with van der Waals surface area (Å²) in [5.41, 5.74) is 1.65. The molecule has 0 bridgehead atoms. The van der Waals surface area contributed by atoms with Gasteiger partial charge in [-0.05, 0) is 32.0 Å². The predicted octanol–water partition coefficient (Wildman–Crippen LogP) is 3.39. The maximum absolute atomic E-state index is 11.9. The van der Waals surface area contributed by atoms with E-state index in [9.17, 15) is 4.79 Å². The van der Waals surface area contributed by atoms with Crippen molar-refractivity contribution in [1.29, 1.82) is 0 Å². The van der Waals surface area contributed by atoms with Crippen LogP contribution >= 0.6 is 22.9 Å². The smallest absolute Gasteiger partial charge is 0.251 e. The summed E-state index contributed by atoms with van der Waals surface area (Å²) >= 11 is 7.53. The van der Waals surface area contributed by atoms with Gasteiger partial charge in [0, 0.05) is 28.4 Å². The molecule has 0 aliphatic heterocycles. The Morgan fingerprint density at radius 1 is 1.42 bits per heavy atom. The van der Waals surface area contributed by atoms with Crippen LogP contribution in [0.5, 0.6) is 0 Å². The molecule has 1 amide bonds. The van der Waals surface area contributed by atoms with Crippen molar-refractivity contribution in [3.63, 3.8) is 0 Å². The van der Waals surface area contributed by atoms with Crippen LogP contribution in [0.1, 0.15) is 25.9 Å². The average Bonchev–Trinajstić information content (AvgIpc) is 2.68. The topological polar surface area (TPSA) is 42.0 Å². The number of rotatable bonds is 4. The van der Waals surface area contributed by atoms with Gasteiger partial charge in [-0.25, -0.2) is 4.98 Å². The van der Waals surface area contributed by atoms with Gasteiger partial charge in [0.15, 0.2) is 0 Å². The second-order valence-corrected chi connectivity index (χ2v) is 5.99. The highest BCUT2D eigenvalue weighted by atomic mass is 35.5. The molecule has 1 aromatic heterocycles. The molecule has 0 unspecified atom stereocenters. The third kappa shape index (κ3) is 3.78. The summed E-state index contributed by atoms with van der Waals surface area (Å²) in [6.07, 6.45) is 0.756. The third-order valence-electron chi connectivity index (χ3n) is 2.78. The maximum Gasteiger partial charge on any atom is 0.251 e. The van der Waals surface area contributed by atoms with Gasteiger partial charge in [-0.1, -0.05) is 17.7 Å². The van der Waals surface area contributed by atoms with E-state index in [1.807, 2.05) is 6.92 Å². The van der Waals surface area contributed by atoms with Crippen molar-refractivity contribution in [1.82, 2.24) is 10.3 Å². The van der Waals surface area contributed by atoms with Crippen LogP contribution in [0.3, 0.4) is 0 Å². The molecule has 0 aliphatic rings. The normalized spacial score (nSPS) is 10.5. The van der Waals surface area contributed by atoms with Crippen LogP contribution in [0, 0.1) is 13.8 Å². The minimum atomic E-state index is -0.104. The number of hydrogen-bond acceptors (Lipinski definition) is 3. The van der Waals surface area contributed by atoms with Crippen molar-refractivity contribution in [3.8, 4) is 0 Å². The van der Waals surface area contributed by atoms with E-state index in [4.69, 9.17) is 11.6 Å². The molecule has 19 heavy (non-hydrogen) atoms. The van der Waals surface area contributed by atoms with Crippen LogP contribution in [0.2, 0.25) is 5.02 Å². The molecule has 1 N–H and O–H groups in total. The van der Waals surface area contributed by atoms with Crippen molar-refractivity contribution < 1.29 is 4.79 Å². The molecule has 5 heteroatoms. The SMILES string of the molecule is Cc1nc(CCNC(=O)c2cccc(Cl)c2)sc1C. The Kier molecular flexibility index (Phi) is 4.56. The molecule has 1 heterocycles. The molecule has 0 saturated carbocycles. The molecule has 0 spiro atoms. The van der Waals surface area contributed by atoms with Gasteiger partial charge in [0.05, 0.1) is 10.7 Å². The number of nitrogens with one attached hydrogen (secondary N) is 1. The number of aromatic nitrogens is 1. The fraction of sp³-hybridized carbons (Fsp3) is 0.286. The highest BCUT2D eigenvalue weighted by Gasteiger charge is 2.07. The number of hydrogen-bond donors (Lipinski definition) is 1.